The minimum absolute atomic E-state index is 0.0567. The van der Waals surface area contributed by atoms with E-state index in [0.717, 1.165) is 25.0 Å². The molecule has 0 unspecified atom stereocenters. The van der Waals surface area contributed by atoms with Crippen molar-refractivity contribution in [1.82, 2.24) is 5.32 Å². The van der Waals surface area contributed by atoms with E-state index in [2.05, 4.69) is 22.8 Å². The molecule has 1 aliphatic rings. The second-order valence-electron chi connectivity index (χ2n) is 6.05. The van der Waals surface area contributed by atoms with Gasteiger partial charge in [0.25, 0.3) is 0 Å². The highest BCUT2D eigenvalue weighted by Gasteiger charge is 2.44. The minimum atomic E-state index is -0.792. The summed E-state index contributed by atoms with van der Waals surface area (Å²) >= 11 is 0. The summed E-state index contributed by atoms with van der Waals surface area (Å²) in [6.07, 6.45) is 1.98. The zero-order chi connectivity index (χ0) is 16.4. The van der Waals surface area contributed by atoms with Crippen molar-refractivity contribution in [2.45, 2.75) is 25.2 Å². The molecule has 0 aliphatic heterocycles. The van der Waals surface area contributed by atoms with E-state index in [9.17, 15) is 13.6 Å². The molecule has 0 heterocycles. The second-order valence-corrected chi connectivity index (χ2v) is 6.05. The summed E-state index contributed by atoms with van der Waals surface area (Å²) in [7, 11) is 0. The first-order valence-corrected chi connectivity index (χ1v) is 7.56. The van der Waals surface area contributed by atoms with Crippen molar-refractivity contribution < 1.29 is 13.6 Å². The zero-order valence-electron chi connectivity index (χ0n) is 12.8. The quantitative estimate of drug-likeness (QED) is 0.875. The van der Waals surface area contributed by atoms with Gasteiger partial charge in [0, 0.05) is 12.0 Å². The number of amides is 2. The third-order valence-electron chi connectivity index (χ3n) is 4.31. The molecule has 3 rings (SSSR count). The fourth-order valence-corrected chi connectivity index (χ4v) is 2.65. The minimum Gasteiger partial charge on any atom is -0.337 e. The number of carbonyl (C=O) groups excluding carboxylic acids is 1. The van der Waals surface area contributed by atoms with E-state index in [1.807, 2.05) is 19.1 Å². The SMILES string of the molecule is Cc1ccc(C2(CNC(=O)Nc3c(F)cccc3F)CC2)cc1. The van der Waals surface area contributed by atoms with Crippen LogP contribution in [0.2, 0.25) is 0 Å². The Balaban J connectivity index is 1.62. The molecule has 0 radical (unpaired) electrons. The number of hydrogen-bond donors (Lipinski definition) is 2. The summed E-state index contributed by atoms with van der Waals surface area (Å²) in [4.78, 5) is 11.9. The molecule has 2 aromatic carbocycles. The predicted molar refractivity (Wildman–Crippen MR) is 85.5 cm³/mol. The van der Waals surface area contributed by atoms with Gasteiger partial charge in [0.2, 0.25) is 0 Å². The smallest absolute Gasteiger partial charge is 0.319 e. The van der Waals surface area contributed by atoms with Crippen molar-refractivity contribution in [3.05, 3.63) is 65.2 Å². The van der Waals surface area contributed by atoms with Gasteiger partial charge in [-0.3, -0.25) is 0 Å². The molecular weight excluding hydrogens is 298 g/mol. The number of benzene rings is 2. The maximum atomic E-state index is 13.5. The molecule has 0 saturated heterocycles. The third-order valence-corrected chi connectivity index (χ3v) is 4.31. The molecule has 2 amide bonds. The first-order chi connectivity index (χ1) is 11.0. The van der Waals surface area contributed by atoms with Crippen LogP contribution in [0.1, 0.15) is 24.0 Å². The van der Waals surface area contributed by atoms with Gasteiger partial charge in [-0.05, 0) is 37.5 Å². The van der Waals surface area contributed by atoms with Gasteiger partial charge >= 0.3 is 6.03 Å². The van der Waals surface area contributed by atoms with Crippen LogP contribution in [0.5, 0.6) is 0 Å². The molecule has 2 N–H and O–H groups in total. The molecule has 120 valence electrons. The molecule has 0 aromatic heterocycles. The number of anilines is 1. The number of carbonyl (C=O) groups is 1. The number of para-hydroxylation sites is 1. The molecule has 1 saturated carbocycles. The zero-order valence-corrected chi connectivity index (χ0v) is 12.8. The molecular formula is C18H18F2N2O. The maximum Gasteiger partial charge on any atom is 0.319 e. The summed E-state index contributed by atoms with van der Waals surface area (Å²) in [5.41, 5.74) is 1.88. The molecule has 0 bridgehead atoms. The van der Waals surface area contributed by atoms with E-state index >= 15 is 0 Å². The van der Waals surface area contributed by atoms with E-state index in [1.54, 1.807) is 0 Å². The van der Waals surface area contributed by atoms with Gasteiger partial charge in [-0.1, -0.05) is 35.9 Å². The van der Waals surface area contributed by atoms with Crippen molar-refractivity contribution in [1.29, 1.82) is 0 Å². The normalized spacial score (nSPS) is 15.1. The lowest BCUT2D eigenvalue weighted by Crippen LogP contribution is -2.35. The van der Waals surface area contributed by atoms with Crippen LogP contribution < -0.4 is 10.6 Å². The number of rotatable bonds is 4. The highest BCUT2D eigenvalue weighted by Crippen LogP contribution is 2.47. The summed E-state index contributed by atoms with van der Waals surface area (Å²) in [6.45, 7) is 2.47. The van der Waals surface area contributed by atoms with Gasteiger partial charge in [0.05, 0.1) is 0 Å². The van der Waals surface area contributed by atoms with Crippen molar-refractivity contribution in [2.75, 3.05) is 11.9 Å². The van der Waals surface area contributed by atoms with Crippen molar-refractivity contribution in [3.8, 4) is 0 Å². The number of aryl methyl sites for hydroxylation is 1. The second kappa shape index (κ2) is 5.99. The topological polar surface area (TPSA) is 41.1 Å². The van der Waals surface area contributed by atoms with Crippen molar-refractivity contribution in [3.63, 3.8) is 0 Å². The van der Waals surface area contributed by atoms with Crippen LogP contribution >= 0.6 is 0 Å². The van der Waals surface area contributed by atoms with Crippen LogP contribution in [-0.4, -0.2) is 12.6 Å². The van der Waals surface area contributed by atoms with Gasteiger partial charge in [-0.15, -0.1) is 0 Å². The lowest BCUT2D eigenvalue weighted by Gasteiger charge is -2.17. The van der Waals surface area contributed by atoms with E-state index in [-0.39, 0.29) is 5.41 Å². The summed E-state index contributed by atoms with van der Waals surface area (Å²) in [5.74, 6) is -1.58. The molecule has 0 atom stereocenters. The van der Waals surface area contributed by atoms with Gasteiger partial charge in [-0.2, -0.15) is 0 Å². The fourth-order valence-electron chi connectivity index (χ4n) is 2.65. The molecule has 3 nitrogen and oxygen atoms in total. The van der Waals surface area contributed by atoms with Crippen LogP contribution in [0.15, 0.2) is 42.5 Å². The van der Waals surface area contributed by atoms with Crippen LogP contribution in [0.25, 0.3) is 0 Å². The van der Waals surface area contributed by atoms with Gasteiger partial charge in [-0.25, -0.2) is 13.6 Å². The number of urea groups is 1. The average Bonchev–Trinajstić information content (AvgIpc) is 3.31. The highest BCUT2D eigenvalue weighted by atomic mass is 19.1. The molecule has 5 heteroatoms. The maximum absolute atomic E-state index is 13.5. The lowest BCUT2D eigenvalue weighted by molar-refractivity contribution is 0.251. The Kier molecular flexibility index (Phi) is 4.03. The standard InChI is InChI=1S/C18H18F2N2O/c1-12-5-7-13(8-6-12)18(9-10-18)11-21-17(23)22-16-14(19)3-2-4-15(16)20/h2-8H,9-11H2,1H3,(H2,21,22,23). The fraction of sp³-hybridized carbons (Fsp3) is 0.278. The Morgan fingerprint density at radius 3 is 2.26 bits per heavy atom. The first kappa shape index (κ1) is 15.5. The number of nitrogens with one attached hydrogen (secondary N) is 2. The molecule has 2 aromatic rings. The Morgan fingerprint density at radius 1 is 1.09 bits per heavy atom. The van der Waals surface area contributed by atoms with Gasteiger partial charge < -0.3 is 10.6 Å². The Morgan fingerprint density at radius 2 is 1.70 bits per heavy atom. The Hall–Kier alpha value is -2.43. The van der Waals surface area contributed by atoms with E-state index in [0.29, 0.717) is 6.54 Å². The molecule has 1 fully saturated rings. The Bertz CT molecular complexity index is 704. The van der Waals surface area contributed by atoms with Gasteiger partial charge in [0.1, 0.15) is 17.3 Å². The lowest BCUT2D eigenvalue weighted by atomic mass is 9.95. The molecule has 23 heavy (non-hydrogen) atoms. The van der Waals surface area contributed by atoms with Crippen molar-refractivity contribution in [2.24, 2.45) is 0 Å². The van der Waals surface area contributed by atoms with Crippen LogP contribution in [0, 0.1) is 18.6 Å². The largest absolute Gasteiger partial charge is 0.337 e. The van der Waals surface area contributed by atoms with Crippen LogP contribution in [0.4, 0.5) is 19.3 Å². The van der Waals surface area contributed by atoms with Crippen LogP contribution in [0.3, 0.4) is 0 Å². The predicted octanol–water partition coefficient (Wildman–Crippen LogP) is 4.13. The summed E-state index contributed by atoms with van der Waals surface area (Å²) in [5, 5.41) is 4.96. The summed E-state index contributed by atoms with van der Waals surface area (Å²) < 4.78 is 27.0. The van der Waals surface area contributed by atoms with Crippen molar-refractivity contribution >= 4 is 11.7 Å². The Labute approximate surface area is 133 Å². The van der Waals surface area contributed by atoms with E-state index in [4.69, 9.17) is 0 Å². The first-order valence-electron chi connectivity index (χ1n) is 7.56. The summed E-state index contributed by atoms with van der Waals surface area (Å²) in [6, 6.07) is 11.1. The average molecular weight is 316 g/mol. The monoisotopic (exact) mass is 316 g/mol. The van der Waals surface area contributed by atoms with E-state index in [1.165, 1.54) is 17.2 Å². The third kappa shape index (κ3) is 3.33. The molecule has 1 aliphatic carbocycles. The van der Waals surface area contributed by atoms with E-state index < -0.39 is 23.4 Å². The van der Waals surface area contributed by atoms with Crippen LogP contribution in [-0.2, 0) is 5.41 Å². The highest BCUT2D eigenvalue weighted by molar-refractivity contribution is 5.89. The number of halogens is 2. The number of hydrogen-bond acceptors (Lipinski definition) is 1. The molecule has 0 spiro atoms. The van der Waals surface area contributed by atoms with Gasteiger partial charge in [0.15, 0.2) is 0 Å².